The molecule has 0 heterocycles. The van der Waals surface area contributed by atoms with Crippen LogP contribution in [0.25, 0.3) is 0 Å². The lowest BCUT2D eigenvalue weighted by Gasteiger charge is -2.24. The Morgan fingerprint density at radius 2 is 1.61 bits per heavy atom. The van der Waals surface area contributed by atoms with E-state index in [2.05, 4.69) is 40.2 Å². The van der Waals surface area contributed by atoms with Crippen LogP contribution in [0.15, 0.2) is 72.4 Å². The lowest BCUT2D eigenvalue weighted by atomic mass is 9.88. The van der Waals surface area contributed by atoms with Crippen LogP contribution in [0.1, 0.15) is 40.0 Å². The predicted molar refractivity (Wildman–Crippen MR) is 100 cm³/mol. The summed E-state index contributed by atoms with van der Waals surface area (Å²) >= 11 is 0. The van der Waals surface area contributed by atoms with Gasteiger partial charge in [-0.1, -0.05) is 36.5 Å². The molecule has 0 bridgehead atoms. The number of rotatable bonds is 11. The van der Waals surface area contributed by atoms with Crippen LogP contribution in [0.4, 0.5) is 0 Å². The van der Waals surface area contributed by atoms with Crippen LogP contribution in [0.3, 0.4) is 0 Å². The van der Waals surface area contributed by atoms with Crippen LogP contribution in [0.2, 0.25) is 0 Å². The molecule has 0 amide bonds. The number of hydrogen-bond donors (Lipinski definition) is 0. The number of carbonyl (C=O) groups excluding carboxylic acids is 1. The van der Waals surface area contributed by atoms with Crippen molar-refractivity contribution in [3.63, 3.8) is 0 Å². The summed E-state index contributed by atoms with van der Waals surface area (Å²) in [6.07, 6.45) is 6.43. The molecule has 2 heteroatoms. The summed E-state index contributed by atoms with van der Waals surface area (Å²) in [6, 6.07) is 0. The van der Waals surface area contributed by atoms with Crippen molar-refractivity contribution in [1.29, 1.82) is 0 Å². The zero-order chi connectivity index (χ0) is 18.0. The number of carbonyl (C=O) groups is 1. The normalized spacial score (nSPS) is 12.7. The second-order valence-corrected chi connectivity index (χ2v) is 5.75. The second-order valence-electron chi connectivity index (χ2n) is 5.75. The Kier molecular flexibility index (Phi) is 9.84. The molecule has 2 nitrogen and oxygen atoms in total. The number of methoxy groups -OCH3 is 1. The van der Waals surface area contributed by atoms with Crippen molar-refractivity contribution < 1.29 is 9.53 Å². The highest BCUT2D eigenvalue weighted by atomic mass is 16.5. The third kappa shape index (κ3) is 6.37. The predicted octanol–water partition coefficient (Wildman–Crippen LogP) is 5.51. The number of allylic oxidation sites excluding steroid dienone is 6. The van der Waals surface area contributed by atoms with Gasteiger partial charge in [0.1, 0.15) is 0 Å². The maximum absolute atomic E-state index is 12.2. The van der Waals surface area contributed by atoms with E-state index in [0.29, 0.717) is 24.8 Å². The van der Waals surface area contributed by atoms with E-state index in [1.165, 1.54) is 17.2 Å². The largest absolute Gasteiger partial charge is 0.377 e. The van der Waals surface area contributed by atoms with Gasteiger partial charge in [-0.25, -0.2) is 0 Å². The van der Waals surface area contributed by atoms with Crippen molar-refractivity contribution in [3.05, 3.63) is 72.4 Å². The summed E-state index contributed by atoms with van der Waals surface area (Å²) in [7, 11) is 1.67. The lowest BCUT2D eigenvalue weighted by molar-refractivity contribution is -0.111. The Labute approximate surface area is 141 Å². The van der Waals surface area contributed by atoms with Crippen LogP contribution in [0.5, 0.6) is 0 Å². The quantitative estimate of drug-likeness (QED) is 0.285. The van der Waals surface area contributed by atoms with Crippen molar-refractivity contribution in [1.82, 2.24) is 0 Å². The minimum absolute atomic E-state index is 0.0853. The van der Waals surface area contributed by atoms with Gasteiger partial charge in [-0.05, 0) is 50.8 Å². The van der Waals surface area contributed by atoms with Gasteiger partial charge >= 0.3 is 0 Å². The van der Waals surface area contributed by atoms with Crippen molar-refractivity contribution in [2.75, 3.05) is 7.11 Å². The fourth-order valence-corrected chi connectivity index (χ4v) is 2.60. The van der Waals surface area contributed by atoms with E-state index < -0.39 is 0 Å². The van der Waals surface area contributed by atoms with Crippen molar-refractivity contribution >= 4 is 5.78 Å². The molecular weight excluding hydrogens is 284 g/mol. The molecular formula is C21H30O2. The fraction of sp³-hybridized carbons (Fsp3) is 0.381. The molecule has 0 saturated heterocycles. The fourth-order valence-electron chi connectivity index (χ4n) is 2.60. The molecule has 0 aromatic heterocycles. The standard InChI is InChI=1S/C21H30O2/c1-9-12-17(20(22)11-3)18(13-10-2)21(23-8)14-19(15(4)5)16(6)7/h9-11,21H,1-4,12-14H2,5-8H3/b18-17-. The Balaban J connectivity index is 6.03. The monoisotopic (exact) mass is 314 g/mol. The SMILES string of the molecule is C=CC/C(C(=O)C=C)=C(\CC=C)C(CC(C(=C)C)=C(C)C)OC. The average Bonchev–Trinajstić information content (AvgIpc) is 2.50. The highest BCUT2D eigenvalue weighted by Gasteiger charge is 2.21. The highest BCUT2D eigenvalue weighted by molar-refractivity contribution is 6.04. The van der Waals surface area contributed by atoms with Gasteiger partial charge in [0.15, 0.2) is 5.78 Å². The lowest BCUT2D eigenvalue weighted by Crippen LogP contribution is -2.19. The number of ketones is 1. The molecule has 0 aromatic carbocycles. The molecule has 126 valence electrons. The first-order chi connectivity index (χ1) is 10.8. The molecule has 0 aliphatic heterocycles. The molecule has 0 saturated carbocycles. The molecule has 0 fully saturated rings. The molecule has 0 N–H and O–H groups in total. The van der Waals surface area contributed by atoms with Gasteiger partial charge in [0.05, 0.1) is 6.10 Å². The second kappa shape index (κ2) is 10.7. The zero-order valence-electron chi connectivity index (χ0n) is 15.1. The first kappa shape index (κ1) is 21.1. The minimum Gasteiger partial charge on any atom is -0.377 e. The van der Waals surface area contributed by atoms with Crippen molar-refractivity contribution in [2.24, 2.45) is 0 Å². The molecule has 0 aliphatic rings. The van der Waals surface area contributed by atoms with Gasteiger partial charge in [0.2, 0.25) is 0 Å². The van der Waals surface area contributed by atoms with E-state index in [1.54, 1.807) is 19.3 Å². The molecule has 23 heavy (non-hydrogen) atoms. The third-order valence-electron chi connectivity index (χ3n) is 3.76. The third-order valence-corrected chi connectivity index (χ3v) is 3.76. The summed E-state index contributed by atoms with van der Waals surface area (Å²) in [5, 5.41) is 0. The summed E-state index contributed by atoms with van der Waals surface area (Å²) in [5.41, 5.74) is 5.02. The maximum atomic E-state index is 12.2. The summed E-state index contributed by atoms with van der Waals surface area (Å²) in [4.78, 5) is 12.2. The number of hydrogen-bond acceptors (Lipinski definition) is 2. The van der Waals surface area contributed by atoms with Gasteiger partial charge in [0, 0.05) is 19.1 Å². The van der Waals surface area contributed by atoms with Gasteiger partial charge in [0.25, 0.3) is 0 Å². The summed E-state index contributed by atoms with van der Waals surface area (Å²) < 4.78 is 5.72. The topological polar surface area (TPSA) is 26.3 Å². The highest BCUT2D eigenvalue weighted by Crippen LogP contribution is 2.28. The van der Waals surface area contributed by atoms with Crippen molar-refractivity contribution in [2.45, 2.75) is 46.1 Å². The maximum Gasteiger partial charge on any atom is 0.181 e. The Morgan fingerprint density at radius 1 is 1.04 bits per heavy atom. The molecule has 0 aromatic rings. The van der Waals surface area contributed by atoms with E-state index in [0.717, 1.165) is 11.1 Å². The van der Waals surface area contributed by atoms with E-state index in [4.69, 9.17) is 4.74 Å². The molecule has 1 unspecified atom stereocenters. The zero-order valence-corrected chi connectivity index (χ0v) is 15.1. The smallest absolute Gasteiger partial charge is 0.181 e. The molecule has 0 rings (SSSR count). The van der Waals surface area contributed by atoms with Crippen LogP contribution >= 0.6 is 0 Å². The van der Waals surface area contributed by atoms with Crippen LogP contribution in [0, 0.1) is 0 Å². The minimum atomic E-state index is -0.201. The first-order valence-electron chi connectivity index (χ1n) is 7.79. The van der Waals surface area contributed by atoms with E-state index in [1.807, 2.05) is 6.92 Å². The summed E-state index contributed by atoms with van der Waals surface area (Å²) in [6.45, 7) is 21.3. The van der Waals surface area contributed by atoms with E-state index >= 15 is 0 Å². The van der Waals surface area contributed by atoms with Crippen LogP contribution in [-0.2, 0) is 9.53 Å². The average molecular weight is 314 g/mol. The number of ether oxygens (including phenoxy) is 1. The summed E-state index contributed by atoms with van der Waals surface area (Å²) in [5.74, 6) is -0.0853. The van der Waals surface area contributed by atoms with E-state index in [-0.39, 0.29) is 11.9 Å². The first-order valence-corrected chi connectivity index (χ1v) is 7.79. The molecule has 1 atom stereocenters. The van der Waals surface area contributed by atoms with Gasteiger partial charge < -0.3 is 4.74 Å². The van der Waals surface area contributed by atoms with Gasteiger partial charge in [-0.3, -0.25) is 4.79 Å². The Hall–Kier alpha value is -1.93. The van der Waals surface area contributed by atoms with Crippen LogP contribution in [-0.4, -0.2) is 19.0 Å². The molecule has 0 aliphatic carbocycles. The molecule has 0 spiro atoms. The Bertz CT molecular complexity index is 540. The van der Waals surface area contributed by atoms with E-state index in [9.17, 15) is 4.79 Å². The van der Waals surface area contributed by atoms with Gasteiger partial charge in [-0.15, -0.1) is 13.2 Å². The Morgan fingerprint density at radius 3 is 1.96 bits per heavy atom. The van der Waals surface area contributed by atoms with Crippen molar-refractivity contribution in [3.8, 4) is 0 Å². The van der Waals surface area contributed by atoms with Crippen LogP contribution < -0.4 is 0 Å². The van der Waals surface area contributed by atoms with Gasteiger partial charge in [-0.2, -0.15) is 0 Å². The molecule has 0 radical (unpaired) electrons.